The van der Waals surface area contributed by atoms with E-state index in [0.717, 1.165) is 12.1 Å². The smallest absolute Gasteiger partial charge is 0.311 e. The van der Waals surface area contributed by atoms with Crippen molar-refractivity contribution in [2.75, 3.05) is 7.05 Å². The van der Waals surface area contributed by atoms with Crippen LogP contribution < -0.4 is 5.32 Å². The first-order chi connectivity index (χ1) is 9.11. The van der Waals surface area contributed by atoms with Gasteiger partial charge in [0.1, 0.15) is 0 Å². The molecule has 0 saturated carbocycles. The molecule has 19 heavy (non-hydrogen) atoms. The Bertz CT molecular complexity index is 464. The fraction of sp³-hybridized carbons (Fsp3) is 0.692. The Morgan fingerprint density at radius 3 is 2.74 bits per heavy atom. The number of hydrogen-bond donors (Lipinski definition) is 1. The molecular weight excluding hydrogens is 262 g/mol. The van der Waals surface area contributed by atoms with E-state index in [-0.39, 0.29) is 9.92 Å². The van der Waals surface area contributed by atoms with Gasteiger partial charge in [0, 0.05) is 36.1 Å². The minimum Gasteiger partial charge on any atom is -0.311 e. The average Bonchev–Trinajstić information content (AvgIpc) is 2.96. The van der Waals surface area contributed by atoms with Gasteiger partial charge in [0.05, 0.1) is 4.92 Å². The molecule has 1 aromatic heterocycles. The van der Waals surface area contributed by atoms with Gasteiger partial charge >= 0.3 is 5.00 Å². The molecule has 2 aliphatic heterocycles. The highest BCUT2D eigenvalue weighted by Gasteiger charge is 2.35. The molecule has 2 aliphatic rings. The zero-order chi connectivity index (χ0) is 13.4. The number of piperidine rings is 1. The lowest BCUT2D eigenvalue weighted by molar-refractivity contribution is -0.380. The molecule has 104 valence electrons. The molecular formula is C13H19N3O2S. The van der Waals surface area contributed by atoms with Crippen LogP contribution in [0.25, 0.3) is 0 Å². The summed E-state index contributed by atoms with van der Waals surface area (Å²) in [5, 5.41) is 16.5. The van der Waals surface area contributed by atoms with E-state index in [4.69, 9.17) is 0 Å². The average molecular weight is 281 g/mol. The summed E-state index contributed by atoms with van der Waals surface area (Å²) in [6, 6.07) is 3.68. The van der Waals surface area contributed by atoms with Crippen LogP contribution in [0.5, 0.6) is 0 Å². The van der Waals surface area contributed by atoms with Crippen molar-refractivity contribution >= 4 is 16.3 Å². The number of nitrogens with zero attached hydrogens (tertiary/aromatic N) is 2. The van der Waals surface area contributed by atoms with Gasteiger partial charge in [-0.1, -0.05) is 11.3 Å². The summed E-state index contributed by atoms with van der Waals surface area (Å²) in [6.07, 6.45) is 5.02. The highest BCUT2D eigenvalue weighted by molar-refractivity contribution is 7.13. The Morgan fingerprint density at radius 2 is 2.16 bits per heavy atom. The molecule has 3 heterocycles. The fourth-order valence-electron chi connectivity index (χ4n) is 3.35. The predicted molar refractivity (Wildman–Crippen MR) is 75.4 cm³/mol. The fourth-order valence-corrected chi connectivity index (χ4v) is 4.07. The number of hydrogen-bond acceptors (Lipinski definition) is 5. The number of nitro groups is 1. The maximum atomic E-state index is 10.7. The van der Waals surface area contributed by atoms with Gasteiger partial charge in [0.25, 0.3) is 0 Å². The van der Waals surface area contributed by atoms with Gasteiger partial charge in [-0.25, -0.2) is 0 Å². The number of rotatable bonds is 4. The summed E-state index contributed by atoms with van der Waals surface area (Å²) in [7, 11) is 2.14. The summed E-state index contributed by atoms with van der Waals surface area (Å²) in [5.41, 5.74) is 1.06. The van der Waals surface area contributed by atoms with Crippen LogP contribution in [0, 0.1) is 10.1 Å². The van der Waals surface area contributed by atoms with Crippen LogP contribution in [0.15, 0.2) is 11.4 Å². The molecule has 0 spiro atoms. The number of thiophene rings is 1. The summed E-state index contributed by atoms with van der Waals surface area (Å²) in [4.78, 5) is 12.7. The Hall–Kier alpha value is -0.980. The first-order valence-corrected chi connectivity index (χ1v) is 7.68. The van der Waals surface area contributed by atoms with Gasteiger partial charge in [-0.2, -0.15) is 0 Å². The van der Waals surface area contributed by atoms with Gasteiger partial charge in [0.15, 0.2) is 0 Å². The van der Waals surface area contributed by atoms with Crippen LogP contribution in [0.2, 0.25) is 0 Å². The van der Waals surface area contributed by atoms with Crippen LogP contribution in [-0.4, -0.2) is 35.0 Å². The molecule has 1 aromatic rings. The molecule has 5 nitrogen and oxygen atoms in total. The van der Waals surface area contributed by atoms with Crippen LogP contribution in [0.1, 0.15) is 31.2 Å². The Morgan fingerprint density at radius 1 is 1.47 bits per heavy atom. The first-order valence-electron chi connectivity index (χ1n) is 6.80. The highest BCUT2D eigenvalue weighted by Crippen LogP contribution is 2.30. The summed E-state index contributed by atoms with van der Waals surface area (Å²) in [5.74, 6) is 0. The molecule has 6 heteroatoms. The molecule has 2 atom stereocenters. The Labute approximate surface area is 116 Å². The van der Waals surface area contributed by atoms with Crippen molar-refractivity contribution in [1.82, 2.24) is 10.2 Å². The van der Waals surface area contributed by atoms with E-state index in [1.807, 2.05) is 5.38 Å². The molecule has 0 aromatic carbocycles. The predicted octanol–water partition coefficient (Wildman–Crippen LogP) is 2.37. The van der Waals surface area contributed by atoms with Gasteiger partial charge in [-0.05, 0) is 38.3 Å². The van der Waals surface area contributed by atoms with Crippen molar-refractivity contribution in [3.05, 3.63) is 27.1 Å². The second kappa shape index (κ2) is 5.19. The molecule has 3 rings (SSSR count). The Kier molecular flexibility index (Phi) is 3.56. The lowest BCUT2D eigenvalue weighted by Crippen LogP contribution is -2.46. The molecule has 2 unspecified atom stereocenters. The van der Waals surface area contributed by atoms with E-state index in [2.05, 4.69) is 17.3 Å². The Balaban J connectivity index is 1.61. The van der Waals surface area contributed by atoms with Crippen molar-refractivity contribution in [3.8, 4) is 0 Å². The van der Waals surface area contributed by atoms with E-state index >= 15 is 0 Å². The van der Waals surface area contributed by atoms with Gasteiger partial charge in [0.2, 0.25) is 0 Å². The molecule has 2 fully saturated rings. The summed E-state index contributed by atoms with van der Waals surface area (Å²) in [6.45, 7) is 0.814. The maximum Gasteiger partial charge on any atom is 0.324 e. The standard InChI is InChI=1S/C13H19N3O2S/c1-15(7-9-4-13(16(17)18)19-8-9)12-5-10-2-3-11(6-12)14-10/h4,8,10-12,14H,2-3,5-7H2,1H3. The highest BCUT2D eigenvalue weighted by atomic mass is 32.1. The normalized spacial score (nSPS) is 29.9. The van der Waals surface area contributed by atoms with Gasteiger partial charge in [-0.3, -0.25) is 15.0 Å². The van der Waals surface area contributed by atoms with Crippen molar-refractivity contribution in [3.63, 3.8) is 0 Å². The topological polar surface area (TPSA) is 58.4 Å². The lowest BCUT2D eigenvalue weighted by atomic mass is 9.98. The third-order valence-corrected chi connectivity index (χ3v) is 5.25. The largest absolute Gasteiger partial charge is 0.324 e. The summed E-state index contributed by atoms with van der Waals surface area (Å²) < 4.78 is 0. The first kappa shape index (κ1) is 13.0. The monoisotopic (exact) mass is 281 g/mol. The van der Waals surface area contributed by atoms with Gasteiger partial charge in [-0.15, -0.1) is 0 Å². The van der Waals surface area contributed by atoms with E-state index in [0.29, 0.717) is 18.1 Å². The quantitative estimate of drug-likeness (QED) is 0.680. The van der Waals surface area contributed by atoms with Crippen LogP contribution in [-0.2, 0) is 6.54 Å². The van der Waals surface area contributed by atoms with Crippen LogP contribution in [0.3, 0.4) is 0 Å². The van der Waals surface area contributed by atoms with Gasteiger partial charge < -0.3 is 5.32 Å². The maximum absolute atomic E-state index is 10.7. The molecule has 0 radical (unpaired) electrons. The van der Waals surface area contributed by atoms with Crippen molar-refractivity contribution in [2.45, 2.75) is 50.4 Å². The lowest BCUT2D eigenvalue weighted by Gasteiger charge is -2.35. The van der Waals surface area contributed by atoms with Crippen molar-refractivity contribution < 1.29 is 4.92 Å². The molecule has 0 amide bonds. The molecule has 2 bridgehead atoms. The zero-order valence-corrected chi connectivity index (χ0v) is 11.9. The van der Waals surface area contributed by atoms with E-state index < -0.39 is 0 Å². The van der Waals surface area contributed by atoms with E-state index in [1.165, 1.54) is 37.0 Å². The molecule has 0 aliphatic carbocycles. The van der Waals surface area contributed by atoms with Crippen molar-refractivity contribution in [2.24, 2.45) is 0 Å². The molecule has 2 saturated heterocycles. The van der Waals surface area contributed by atoms with Crippen molar-refractivity contribution in [1.29, 1.82) is 0 Å². The van der Waals surface area contributed by atoms with Crippen LogP contribution >= 0.6 is 11.3 Å². The third-order valence-electron chi connectivity index (χ3n) is 4.32. The number of fused-ring (bicyclic) bond motifs is 2. The summed E-state index contributed by atoms with van der Waals surface area (Å²) >= 11 is 1.22. The zero-order valence-electron chi connectivity index (χ0n) is 11.0. The van der Waals surface area contributed by atoms with E-state index in [1.54, 1.807) is 6.07 Å². The minimum atomic E-state index is -0.307. The SMILES string of the molecule is CN(Cc1csc([N+](=O)[O-])c1)C1CC2CCC(C1)N2. The minimum absolute atomic E-state index is 0.244. The van der Waals surface area contributed by atoms with Crippen LogP contribution in [0.4, 0.5) is 5.00 Å². The molecule has 1 N–H and O–H groups in total. The third kappa shape index (κ3) is 2.80. The second-order valence-corrected chi connectivity index (χ2v) is 6.62. The second-order valence-electron chi connectivity index (χ2n) is 5.73. The van der Waals surface area contributed by atoms with E-state index in [9.17, 15) is 10.1 Å². The number of nitrogens with one attached hydrogen (secondary N) is 1.